The number of hydrogen-bond acceptors (Lipinski definition) is 6. The average molecular weight is 507 g/mol. The van der Waals surface area contributed by atoms with Crippen LogP contribution >= 0.6 is 11.6 Å². The van der Waals surface area contributed by atoms with Crippen LogP contribution in [0.5, 0.6) is 5.75 Å². The summed E-state index contributed by atoms with van der Waals surface area (Å²) in [6, 6.07) is 14.7. The van der Waals surface area contributed by atoms with Gasteiger partial charge in [-0.05, 0) is 73.4 Å². The molecule has 2 aromatic carbocycles. The van der Waals surface area contributed by atoms with Gasteiger partial charge in [0.1, 0.15) is 23.3 Å². The molecule has 3 aromatic rings. The lowest BCUT2D eigenvalue weighted by atomic mass is 9.98. The molecule has 2 saturated heterocycles. The summed E-state index contributed by atoms with van der Waals surface area (Å²) >= 11 is 6.13. The number of hydrogen-bond donors (Lipinski definition) is 1. The van der Waals surface area contributed by atoms with Crippen LogP contribution in [0.4, 0.5) is 11.4 Å². The van der Waals surface area contributed by atoms with Crippen molar-refractivity contribution in [3.63, 3.8) is 0 Å². The molecule has 7 nitrogen and oxygen atoms in total. The number of rotatable bonds is 5. The normalized spacial score (nSPS) is 20.2. The third kappa shape index (κ3) is 4.24. The molecule has 0 saturated carbocycles. The number of piperidine rings is 1. The molecule has 1 atom stereocenters. The quantitative estimate of drug-likeness (QED) is 0.267. The fraction of sp³-hybridized carbons (Fsp3) is 0.286. The molecule has 8 heteroatoms. The van der Waals surface area contributed by atoms with Crippen molar-refractivity contribution in [2.45, 2.75) is 25.8 Å². The Balaban J connectivity index is 1.55. The molecule has 5 rings (SSSR count). The summed E-state index contributed by atoms with van der Waals surface area (Å²) in [5.74, 6) is -0.430. The highest BCUT2D eigenvalue weighted by Gasteiger charge is 2.48. The van der Waals surface area contributed by atoms with E-state index >= 15 is 0 Å². The number of halogens is 1. The SMILES string of the molecule is COc1cc(/C(O)=C2/C(=O)C(=O)N(c3ccc(N4CCC(C)CC4)cc3)C2c2ccco2)ccc1Cl. The fourth-order valence-corrected chi connectivity index (χ4v) is 5.06. The van der Waals surface area contributed by atoms with Gasteiger partial charge in [0.25, 0.3) is 11.7 Å². The first-order valence-electron chi connectivity index (χ1n) is 11.9. The van der Waals surface area contributed by atoms with Gasteiger partial charge < -0.3 is 19.2 Å². The number of aliphatic hydroxyl groups is 1. The summed E-state index contributed by atoms with van der Waals surface area (Å²) in [7, 11) is 1.46. The summed E-state index contributed by atoms with van der Waals surface area (Å²) in [6.45, 7) is 4.25. The second-order valence-corrected chi connectivity index (χ2v) is 9.63. The topological polar surface area (TPSA) is 83.2 Å². The number of aliphatic hydroxyl groups excluding tert-OH is 1. The highest BCUT2D eigenvalue weighted by Crippen LogP contribution is 2.43. The van der Waals surface area contributed by atoms with Crippen LogP contribution in [-0.2, 0) is 9.59 Å². The maximum Gasteiger partial charge on any atom is 0.300 e. The first-order chi connectivity index (χ1) is 17.4. The number of carbonyl (C=O) groups is 2. The molecule has 0 aliphatic carbocycles. The van der Waals surface area contributed by atoms with Crippen molar-refractivity contribution in [3.05, 3.63) is 82.8 Å². The molecule has 0 spiro atoms. The summed E-state index contributed by atoms with van der Waals surface area (Å²) in [5, 5.41) is 11.6. The van der Waals surface area contributed by atoms with Gasteiger partial charge in [0.05, 0.1) is 24.0 Å². The molecule has 1 unspecified atom stereocenters. The molecule has 3 heterocycles. The summed E-state index contributed by atoms with van der Waals surface area (Å²) < 4.78 is 10.9. The minimum atomic E-state index is -0.927. The van der Waals surface area contributed by atoms with Crippen molar-refractivity contribution in [2.75, 3.05) is 30.0 Å². The van der Waals surface area contributed by atoms with Crippen LogP contribution in [0.15, 0.2) is 70.9 Å². The van der Waals surface area contributed by atoms with Gasteiger partial charge in [0, 0.05) is 30.0 Å². The lowest BCUT2D eigenvalue weighted by Crippen LogP contribution is -2.33. The maximum atomic E-state index is 13.3. The number of Topliss-reactive ketones (excluding diaryl/α,β-unsaturated/α-hetero) is 1. The van der Waals surface area contributed by atoms with E-state index < -0.39 is 17.7 Å². The standard InChI is InChI=1S/C28H27ClN2O5/c1-17-11-13-30(14-12-17)19-6-8-20(9-7-19)31-25(22-4-3-15-36-22)24(27(33)28(31)34)26(32)18-5-10-21(29)23(16-18)35-2/h3-10,15-17,25,32H,11-14H2,1-2H3/b26-24-. The van der Waals surface area contributed by atoms with Gasteiger partial charge in [-0.25, -0.2) is 0 Å². The van der Waals surface area contributed by atoms with E-state index in [2.05, 4.69) is 11.8 Å². The molecule has 0 radical (unpaired) electrons. The van der Waals surface area contributed by atoms with E-state index in [1.54, 1.807) is 24.3 Å². The number of amides is 1. The summed E-state index contributed by atoms with van der Waals surface area (Å²) in [5.41, 5.74) is 1.86. The summed E-state index contributed by atoms with van der Waals surface area (Å²) in [4.78, 5) is 30.3. The van der Waals surface area contributed by atoms with Crippen molar-refractivity contribution >= 4 is 40.4 Å². The van der Waals surface area contributed by atoms with Crippen molar-refractivity contribution in [1.82, 2.24) is 0 Å². The van der Waals surface area contributed by atoms with Gasteiger partial charge in [-0.3, -0.25) is 14.5 Å². The largest absolute Gasteiger partial charge is 0.507 e. The number of ketones is 1. The highest BCUT2D eigenvalue weighted by atomic mass is 35.5. The lowest BCUT2D eigenvalue weighted by Gasteiger charge is -2.32. The Morgan fingerprint density at radius 1 is 1.06 bits per heavy atom. The van der Waals surface area contributed by atoms with Crippen LogP contribution < -0.4 is 14.5 Å². The van der Waals surface area contributed by atoms with E-state index in [-0.39, 0.29) is 11.3 Å². The predicted molar refractivity (Wildman–Crippen MR) is 139 cm³/mol. The second-order valence-electron chi connectivity index (χ2n) is 9.22. The maximum absolute atomic E-state index is 13.3. The van der Waals surface area contributed by atoms with E-state index in [0.717, 1.165) is 37.5 Å². The highest BCUT2D eigenvalue weighted by molar-refractivity contribution is 6.51. The molecule has 36 heavy (non-hydrogen) atoms. The number of anilines is 2. The number of nitrogens with zero attached hydrogens (tertiary/aromatic N) is 2. The molecule has 1 N–H and O–H groups in total. The predicted octanol–water partition coefficient (Wildman–Crippen LogP) is 5.80. The van der Waals surface area contributed by atoms with Crippen molar-refractivity contribution < 1.29 is 23.8 Å². The Bertz CT molecular complexity index is 1310. The molecule has 2 aliphatic rings. The Kier molecular flexibility index (Phi) is 6.49. The third-order valence-corrected chi connectivity index (χ3v) is 7.27. The van der Waals surface area contributed by atoms with Gasteiger partial charge in [-0.2, -0.15) is 0 Å². The van der Waals surface area contributed by atoms with Gasteiger partial charge in [0.15, 0.2) is 0 Å². The average Bonchev–Trinajstić information content (AvgIpc) is 3.51. The second kappa shape index (κ2) is 9.74. The zero-order valence-electron chi connectivity index (χ0n) is 20.1. The molecular formula is C28H27ClN2O5. The van der Waals surface area contributed by atoms with Crippen LogP contribution in [0, 0.1) is 5.92 Å². The van der Waals surface area contributed by atoms with Gasteiger partial charge >= 0.3 is 0 Å². The van der Waals surface area contributed by atoms with Crippen molar-refractivity contribution in [1.29, 1.82) is 0 Å². The first-order valence-corrected chi connectivity index (χ1v) is 12.3. The minimum absolute atomic E-state index is 0.0616. The van der Waals surface area contributed by atoms with E-state index in [0.29, 0.717) is 27.8 Å². The smallest absolute Gasteiger partial charge is 0.300 e. The van der Waals surface area contributed by atoms with Crippen LogP contribution in [0.3, 0.4) is 0 Å². The van der Waals surface area contributed by atoms with Crippen LogP contribution in [0.1, 0.15) is 37.1 Å². The molecule has 1 amide bonds. The van der Waals surface area contributed by atoms with Gasteiger partial charge in [-0.15, -0.1) is 0 Å². The number of ether oxygens (including phenoxy) is 1. The van der Waals surface area contributed by atoms with Crippen molar-refractivity contribution in [2.24, 2.45) is 5.92 Å². The van der Waals surface area contributed by atoms with Crippen LogP contribution in [-0.4, -0.2) is 37.0 Å². The molecular weight excluding hydrogens is 480 g/mol. The van der Waals surface area contributed by atoms with Crippen LogP contribution in [0.25, 0.3) is 5.76 Å². The molecule has 0 bridgehead atoms. The number of furan rings is 1. The fourth-order valence-electron chi connectivity index (χ4n) is 4.87. The van der Waals surface area contributed by atoms with Gasteiger partial charge in [0.2, 0.25) is 0 Å². The zero-order valence-corrected chi connectivity index (χ0v) is 20.9. The molecule has 2 aliphatic heterocycles. The Labute approximate surface area is 214 Å². The molecule has 186 valence electrons. The van der Waals surface area contributed by atoms with Gasteiger partial charge in [-0.1, -0.05) is 18.5 Å². The summed E-state index contributed by atoms with van der Waals surface area (Å²) in [6.07, 6.45) is 3.76. The van der Waals surface area contributed by atoms with E-state index in [4.69, 9.17) is 20.8 Å². The lowest BCUT2D eigenvalue weighted by molar-refractivity contribution is -0.132. The Hall–Kier alpha value is -3.71. The monoisotopic (exact) mass is 506 g/mol. The van der Waals surface area contributed by atoms with Crippen molar-refractivity contribution in [3.8, 4) is 5.75 Å². The number of methoxy groups -OCH3 is 1. The van der Waals surface area contributed by atoms with E-state index in [1.165, 1.54) is 24.3 Å². The van der Waals surface area contributed by atoms with E-state index in [9.17, 15) is 14.7 Å². The Morgan fingerprint density at radius 2 is 1.75 bits per heavy atom. The molecule has 1 aromatic heterocycles. The Morgan fingerprint density at radius 3 is 2.39 bits per heavy atom. The number of carbonyl (C=O) groups excluding carboxylic acids is 2. The molecule has 2 fully saturated rings. The third-order valence-electron chi connectivity index (χ3n) is 6.96. The zero-order chi connectivity index (χ0) is 25.4. The first kappa shape index (κ1) is 24.0. The number of benzene rings is 2. The van der Waals surface area contributed by atoms with Crippen LogP contribution in [0.2, 0.25) is 5.02 Å². The van der Waals surface area contributed by atoms with E-state index in [1.807, 2.05) is 24.3 Å². The minimum Gasteiger partial charge on any atom is -0.507 e.